The molecule has 1 aromatic carbocycles. The van der Waals surface area contributed by atoms with Crippen molar-refractivity contribution in [3.05, 3.63) is 30.5 Å². The fourth-order valence-electron chi connectivity index (χ4n) is 3.23. The minimum Gasteiger partial charge on any atom is -0.383 e. The van der Waals surface area contributed by atoms with Crippen molar-refractivity contribution < 1.29 is 0 Å². The minimum atomic E-state index is 0.464. The van der Waals surface area contributed by atoms with E-state index in [1.165, 1.54) is 35.9 Å². The number of nitrogens with zero attached hydrogens (tertiary/aromatic N) is 1. The van der Waals surface area contributed by atoms with E-state index in [1.807, 2.05) is 0 Å². The van der Waals surface area contributed by atoms with Crippen molar-refractivity contribution >= 4 is 16.6 Å². The van der Waals surface area contributed by atoms with Crippen molar-refractivity contribution in [2.24, 2.45) is 12.5 Å². The molecule has 0 saturated heterocycles. The number of benzene rings is 1. The molecule has 1 aromatic heterocycles. The normalized spacial score (nSPS) is 17.4. The van der Waals surface area contributed by atoms with E-state index in [1.54, 1.807) is 0 Å². The minimum absolute atomic E-state index is 0.464. The molecule has 0 amide bonds. The Morgan fingerprint density at radius 2 is 2.00 bits per heavy atom. The first-order valence-corrected chi connectivity index (χ1v) is 7.17. The van der Waals surface area contributed by atoms with Crippen LogP contribution in [0.4, 0.5) is 5.69 Å². The number of para-hydroxylation sites is 1. The highest BCUT2D eigenvalue weighted by Gasteiger charge is 2.36. The fourth-order valence-corrected chi connectivity index (χ4v) is 3.23. The Labute approximate surface area is 115 Å². The molecule has 0 unspecified atom stereocenters. The lowest BCUT2D eigenvalue weighted by Crippen LogP contribution is -2.44. The SMILES string of the molecule is CNCC1(CNc2cn(C)c3ccccc23)CCC1. The standard InChI is InChI=1S/C16H23N3/c1-17-11-16(8-5-9-16)12-18-14-10-19(2)15-7-4-3-6-13(14)15/h3-4,6-7,10,17-18H,5,8-9,11-12H2,1-2H3. The monoisotopic (exact) mass is 257 g/mol. The highest BCUT2D eigenvalue weighted by molar-refractivity contribution is 5.92. The average Bonchev–Trinajstić information content (AvgIpc) is 2.70. The van der Waals surface area contributed by atoms with E-state index in [4.69, 9.17) is 0 Å². The van der Waals surface area contributed by atoms with Gasteiger partial charge >= 0.3 is 0 Å². The highest BCUT2D eigenvalue weighted by Crippen LogP contribution is 2.40. The van der Waals surface area contributed by atoms with Gasteiger partial charge in [0.1, 0.15) is 0 Å². The summed E-state index contributed by atoms with van der Waals surface area (Å²) in [4.78, 5) is 0. The van der Waals surface area contributed by atoms with E-state index >= 15 is 0 Å². The second kappa shape index (κ2) is 4.89. The van der Waals surface area contributed by atoms with Crippen LogP contribution in [0.25, 0.3) is 10.9 Å². The second-order valence-electron chi connectivity index (χ2n) is 5.91. The predicted octanol–water partition coefficient (Wildman–Crippen LogP) is 2.98. The number of aromatic nitrogens is 1. The van der Waals surface area contributed by atoms with E-state index < -0.39 is 0 Å². The van der Waals surface area contributed by atoms with Gasteiger partial charge in [0.2, 0.25) is 0 Å². The van der Waals surface area contributed by atoms with Crippen LogP contribution in [0, 0.1) is 5.41 Å². The van der Waals surface area contributed by atoms with Crippen molar-refractivity contribution in [1.82, 2.24) is 9.88 Å². The largest absolute Gasteiger partial charge is 0.383 e. The van der Waals surface area contributed by atoms with Gasteiger partial charge in [-0.15, -0.1) is 0 Å². The van der Waals surface area contributed by atoms with Crippen molar-refractivity contribution in [3.8, 4) is 0 Å². The number of aryl methyl sites for hydroxylation is 1. The molecule has 1 heterocycles. The molecule has 1 saturated carbocycles. The summed E-state index contributed by atoms with van der Waals surface area (Å²) in [7, 11) is 4.16. The molecule has 1 aliphatic carbocycles. The molecule has 19 heavy (non-hydrogen) atoms. The molecular weight excluding hydrogens is 234 g/mol. The molecule has 3 nitrogen and oxygen atoms in total. The molecule has 0 radical (unpaired) electrons. The molecular formula is C16H23N3. The first kappa shape index (κ1) is 12.5. The summed E-state index contributed by atoms with van der Waals surface area (Å²) < 4.78 is 2.20. The molecule has 3 rings (SSSR count). The van der Waals surface area contributed by atoms with Crippen LogP contribution < -0.4 is 10.6 Å². The second-order valence-corrected chi connectivity index (χ2v) is 5.91. The molecule has 1 aliphatic rings. The highest BCUT2D eigenvalue weighted by atomic mass is 15.0. The quantitative estimate of drug-likeness (QED) is 0.862. The number of anilines is 1. The van der Waals surface area contributed by atoms with Gasteiger partial charge in [-0.25, -0.2) is 0 Å². The summed E-state index contributed by atoms with van der Waals surface area (Å²) in [5.74, 6) is 0. The molecule has 1 fully saturated rings. The van der Waals surface area contributed by atoms with Gasteiger partial charge in [-0.1, -0.05) is 24.6 Å². The zero-order chi connectivity index (χ0) is 13.3. The van der Waals surface area contributed by atoms with Gasteiger partial charge in [0.25, 0.3) is 0 Å². The Kier molecular flexibility index (Phi) is 3.23. The average molecular weight is 257 g/mol. The maximum Gasteiger partial charge on any atom is 0.0600 e. The number of nitrogens with one attached hydrogen (secondary N) is 2. The summed E-state index contributed by atoms with van der Waals surface area (Å²) in [5.41, 5.74) is 3.02. The van der Waals surface area contributed by atoms with Crippen molar-refractivity contribution in [2.45, 2.75) is 19.3 Å². The maximum atomic E-state index is 3.68. The van der Waals surface area contributed by atoms with Crippen molar-refractivity contribution in [1.29, 1.82) is 0 Å². The van der Waals surface area contributed by atoms with Crippen LogP contribution in [-0.2, 0) is 7.05 Å². The summed E-state index contributed by atoms with van der Waals surface area (Å²) in [6.07, 6.45) is 6.26. The smallest absolute Gasteiger partial charge is 0.0600 e. The first-order valence-electron chi connectivity index (χ1n) is 7.17. The number of hydrogen-bond donors (Lipinski definition) is 2. The van der Waals surface area contributed by atoms with Gasteiger partial charge in [-0.2, -0.15) is 0 Å². The number of rotatable bonds is 5. The predicted molar refractivity (Wildman–Crippen MR) is 81.6 cm³/mol. The van der Waals surface area contributed by atoms with Gasteiger partial charge in [-0.3, -0.25) is 0 Å². The van der Waals surface area contributed by atoms with Crippen LogP contribution in [0.3, 0.4) is 0 Å². The summed E-state index contributed by atoms with van der Waals surface area (Å²) in [6, 6.07) is 8.58. The Morgan fingerprint density at radius 3 is 2.68 bits per heavy atom. The molecule has 0 bridgehead atoms. The third-order valence-electron chi connectivity index (χ3n) is 4.52. The van der Waals surface area contributed by atoms with E-state index in [2.05, 4.69) is 59.8 Å². The lowest BCUT2D eigenvalue weighted by atomic mass is 9.68. The van der Waals surface area contributed by atoms with Crippen LogP contribution >= 0.6 is 0 Å². The van der Waals surface area contributed by atoms with Gasteiger partial charge < -0.3 is 15.2 Å². The number of hydrogen-bond acceptors (Lipinski definition) is 2. The molecule has 0 atom stereocenters. The fraction of sp³-hybridized carbons (Fsp3) is 0.500. The molecule has 0 spiro atoms. The maximum absolute atomic E-state index is 3.68. The zero-order valence-corrected chi connectivity index (χ0v) is 11.9. The zero-order valence-electron chi connectivity index (χ0n) is 11.9. The van der Waals surface area contributed by atoms with Gasteiger partial charge in [0.05, 0.1) is 5.69 Å². The lowest BCUT2D eigenvalue weighted by molar-refractivity contribution is 0.151. The molecule has 102 valence electrons. The Hall–Kier alpha value is -1.48. The molecule has 2 N–H and O–H groups in total. The lowest BCUT2D eigenvalue weighted by Gasteiger charge is -2.42. The molecule has 3 heteroatoms. The first-order chi connectivity index (χ1) is 9.24. The summed E-state index contributed by atoms with van der Waals surface area (Å²) in [6.45, 7) is 2.19. The summed E-state index contributed by atoms with van der Waals surface area (Å²) >= 11 is 0. The van der Waals surface area contributed by atoms with Crippen molar-refractivity contribution in [2.75, 3.05) is 25.5 Å². The van der Waals surface area contributed by atoms with E-state index in [9.17, 15) is 0 Å². The van der Waals surface area contributed by atoms with Gasteiger partial charge in [0.15, 0.2) is 0 Å². The van der Waals surface area contributed by atoms with Crippen LogP contribution in [-0.4, -0.2) is 24.7 Å². The summed E-state index contributed by atoms with van der Waals surface area (Å²) in [5, 5.41) is 8.34. The Balaban J connectivity index is 1.78. The third-order valence-corrected chi connectivity index (χ3v) is 4.52. The van der Waals surface area contributed by atoms with E-state index in [0.29, 0.717) is 5.41 Å². The van der Waals surface area contributed by atoms with E-state index in [0.717, 1.165) is 13.1 Å². The van der Waals surface area contributed by atoms with Gasteiger partial charge in [0, 0.05) is 42.7 Å². The van der Waals surface area contributed by atoms with Crippen molar-refractivity contribution in [3.63, 3.8) is 0 Å². The van der Waals surface area contributed by atoms with Crippen LogP contribution in [0.15, 0.2) is 30.5 Å². The molecule has 2 aromatic rings. The van der Waals surface area contributed by atoms with Crippen LogP contribution in [0.2, 0.25) is 0 Å². The Morgan fingerprint density at radius 1 is 1.21 bits per heavy atom. The molecule has 0 aliphatic heterocycles. The van der Waals surface area contributed by atoms with E-state index in [-0.39, 0.29) is 0 Å². The van der Waals surface area contributed by atoms with Crippen LogP contribution in [0.1, 0.15) is 19.3 Å². The third kappa shape index (κ3) is 2.23. The topological polar surface area (TPSA) is 29.0 Å². The van der Waals surface area contributed by atoms with Crippen LogP contribution in [0.5, 0.6) is 0 Å². The number of fused-ring (bicyclic) bond motifs is 1. The van der Waals surface area contributed by atoms with Gasteiger partial charge in [-0.05, 0) is 26.0 Å². The Bertz CT molecular complexity index is 566.